The SMILES string of the molecule is CCN(CC)[C](F)Br. The summed E-state index contributed by atoms with van der Waals surface area (Å²) in [6.45, 7) is 5.25. The van der Waals surface area contributed by atoms with Crippen molar-refractivity contribution in [2.24, 2.45) is 0 Å². The van der Waals surface area contributed by atoms with Crippen molar-refractivity contribution in [2.45, 2.75) is 13.8 Å². The van der Waals surface area contributed by atoms with E-state index in [4.69, 9.17) is 0 Å². The quantitative estimate of drug-likeness (QED) is 0.606. The first kappa shape index (κ1) is 8.37. The van der Waals surface area contributed by atoms with Crippen molar-refractivity contribution in [3.05, 3.63) is 5.20 Å². The molecular formula is C5H10BrFN. The van der Waals surface area contributed by atoms with Crippen LogP contribution in [0.2, 0.25) is 0 Å². The third kappa shape index (κ3) is 2.62. The predicted molar refractivity (Wildman–Crippen MR) is 36.2 cm³/mol. The Hall–Kier alpha value is 0.370. The molecule has 0 atom stereocenters. The number of nitrogens with zero attached hydrogens (tertiary/aromatic N) is 1. The zero-order valence-corrected chi connectivity index (χ0v) is 6.70. The molecule has 0 spiro atoms. The summed E-state index contributed by atoms with van der Waals surface area (Å²) in [6.07, 6.45) is 0. The number of hydrogen-bond acceptors (Lipinski definition) is 1. The molecule has 0 aliphatic rings. The normalized spacial score (nSPS) is 11.2. The highest BCUT2D eigenvalue weighted by molar-refractivity contribution is 9.11. The van der Waals surface area contributed by atoms with Gasteiger partial charge in [-0.3, -0.25) is 4.90 Å². The molecular weight excluding hydrogens is 173 g/mol. The van der Waals surface area contributed by atoms with Crippen LogP contribution in [0.4, 0.5) is 4.39 Å². The summed E-state index contributed by atoms with van der Waals surface area (Å²) in [6, 6.07) is 0. The summed E-state index contributed by atoms with van der Waals surface area (Å²) in [4.78, 5) is 1.58. The lowest BCUT2D eigenvalue weighted by Crippen LogP contribution is -2.21. The number of halogens is 2. The maximum atomic E-state index is 12.1. The van der Waals surface area contributed by atoms with Gasteiger partial charge < -0.3 is 0 Å². The van der Waals surface area contributed by atoms with Crippen molar-refractivity contribution in [1.82, 2.24) is 4.90 Å². The fraction of sp³-hybridized carbons (Fsp3) is 0.800. The average Bonchev–Trinajstić information content (AvgIpc) is 1.69. The van der Waals surface area contributed by atoms with Gasteiger partial charge in [0.2, 0.25) is 0 Å². The predicted octanol–water partition coefficient (Wildman–Crippen LogP) is 2.14. The Morgan fingerprint density at radius 2 is 1.88 bits per heavy atom. The van der Waals surface area contributed by atoms with E-state index in [1.165, 1.54) is 0 Å². The molecule has 0 aromatic heterocycles. The number of hydrogen-bond donors (Lipinski definition) is 0. The van der Waals surface area contributed by atoms with E-state index in [2.05, 4.69) is 15.9 Å². The molecule has 8 heavy (non-hydrogen) atoms. The second kappa shape index (κ2) is 4.27. The van der Waals surface area contributed by atoms with Gasteiger partial charge >= 0.3 is 0 Å². The van der Waals surface area contributed by atoms with Gasteiger partial charge in [-0.05, 0) is 29.0 Å². The van der Waals surface area contributed by atoms with Gasteiger partial charge in [0, 0.05) is 0 Å². The van der Waals surface area contributed by atoms with Crippen LogP contribution in [0.25, 0.3) is 0 Å². The number of rotatable bonds is 3. The third-order valence-corrected chi connectivity index (χ3v) is 1.50. The zero-order valence-electron chi connectivity index (χ0n) is 5.12. The lowest BCUT2D eigenvalue weighted by atomic mass is 10.6. The Bertz CT molecular complexity index is 54.4. The molecule has 3 heteroatoms. The van der Waals surface area contributed by atoms with E-state index in [1.807, 2.05) is 13.8 Å². The third-order valence-electron chi connectivity index (χ3n) is 1.00. The fourth-order valence-electron chi connectivity index (χ4n) is 0.463. The summed E-state index contributed by atoms with van der Waals surface area (Å²) in [7, 11) is 0. The zero-order chi connectivity index (χ0) is 6.57. The van der Waals surface area contributed by atoms with Crippen molar-refractivity contribution in [3.63, 3.8) is 0 Å². The largest absolute Gasteiger partial charge is 0.277 e. The maximum Gasteiger partial charge on any atom is 0.277 e. The molecule has 0 rings (SSSR count). The molecule has 1 nitrogen and oxygen atoms in total. The Kier molecular flexibility index (Phi) is 4.47. The van der Waals surface area contributed by atoms with Crippen LogP contribution in [0.15, 0.2) is 0 Å². The molecule has 0 heterocycles. The molecule has 0 aromatic carbocycles. The van der Waals surface area contributed by atoms with Crippen molar-refractivity contribution in [3.8, 4) is 0 Å². The van der Waals surface area contributed by atoms with Crippen LogP contribution >= 0.6 is 15.9 Å². The lowest BCUT2D eigenvalue weighted by molar-refractivity contribution is 0.265. The smallest absolute Gasteiger partial charge is 0.258 e. The van der Waals surface area contributed by atoms with E-state index in [1.54, 1.807) is 4.90 Å². The van der Waals surface area contributed by atoms with E-state index in [0.29, 0.717) is 13.1 Å². The van der Waals surface area contributed by atoms with Gasteiger partial charge in [0.05, 0.1) is 0 Å². The first-order valence-corrected chi connectivity index (χ1v) is 3.44. The van der Waals surface area contributed by atoms with Gasteiger partial charge in [0.25, 0.3) is 5.20 Å². The van der Waals surface area contributed by atoms with Gasteiger partial charge in [-0.1, -0.05) is 13.8 Å². The van der Waals surface area contributed by atoms with Gasteiger partial charge in [-0.15, -0.1) is 0 Å². The molecule has 0 bridgehead atoms. The fourth-order valence-corrected chi connectivity index (χ4v) is 0.964. The van der Waals surface area contributed by atoms with E-state index >= 15 is 0 Å². The second-order valence-corrected chi connectivity index (χ2v) is 2.07. The highest BCUT2D eigenvalue weighted by Crippen LogP contribution is 2.15. The topological polar surface area (TPSA) is 3.24 Å². The van der Waals surface area contributed by atoms with Crippen LogP contribution in [0, 0.1) is 5.20 Å². The van der Waals surface area contributed by atoms with E-state index in [0.717, 1.165) is 0 Å². The standard InChI is InChI=1S/C5H10BrFN/c1-3-8(4-2)5(6)7/h3-4H2,1-2H3. The van der Waals surface area contributed by atoms with Gasteiger partial charge in [0.1, 0.15) is 0 Å². The summed E-state index contributed by atoms with van der Waals surface area (Å²) in [5.74, 6) is 0. The highest BCUT2D eigenvalue weighted by Gasteiger charge is 2.09. The van der Waals surface area contributed by atoms with E-state index < -0.39 is 0 Å². The molecule has 0 aromatic rings. The molecule has 0 N–H and O–H groups in total. The maximum absolute atomic E-state index is 12.1. The molecule has 0 aliphatic carbocycles. The van der Waals surface area contributed by atoms with Crippen molar-refractivity contribution < 1.29 is 4.39 Å². The summed E-state index contributed by atoms with van der Waals surface area (Å²) < 4.78 is 12.1. The summed E-state index contributed by atoms with van der Waals surface area (Å²) in [5, 5.41) is -0.275. The molecule has 0 saturated carbocycles. The van der Waals surface area contributed by atoms with Crippen molar-refractivity contribution >= 4 is 15.9 Å². The Labute approximate surface area is 58.0 Å². The molecule has 0 unspecified atom stereocenters. The van der Waals surface area contributed by atoms with Crippen LogP contribution in [0.5, 0.6) is 0 Å². The van der Waals surface area contributed by atoms with E-state index in [-0.39, 0.29) is 5.20 Å². The van der Waals surface area contributed by atoms with Crippen LogP contribution in [0.1, 0.15) is 13.8 Å². The van der Waals surface area contributed by atoms with Crippen LogP contribution < -0.4 is 0 Å². The second-order valence-electron chi connectivity index (χ2n) is 1.41. The van der Waals surface area contributed by atoms with Crippen LogP contribution in [-0.4, -0.2) is 18.0 Å². The van der Waals surface area contributed by atoms with E-state index in [9.17, 15) is 4.39 Å². The minimum Gasteiger partial charge on any atom is -0.258 e. The highest BCUT2D eigenvalue weighted by atomic mass is 79.9. The minimum atomic E-state index is -0.275. The van der Waals surface area contributed by atoms with Gasteiger partial charge in [-0.2, -0.15) is 0 Å². The molecule has 49 valence electrons. The molecule has 0 aliphatic heterocycles. The summed E-state index contributed by atoms with van der Waals surface area (Å²) >= 11 is 2.74. The Morgan fingerprint density at radius 1 is 1.50 bits per heavy atom. The Balaban J connectivity index is 3.35. The molecule has 0 saturated heterocycles. The van der Waals surface area contributed by atoms with Crippen molar-refractivity contribution in [1.29, 1.82) is 0 Å². The Morgan fingerprint density at radius 3 is 1.88 bits per heavy atom. The van der Waals surface area contributed by atoms with Gasteiger partial charge in [-0.25, -0.2) is 4.39 Å². The van der Waals surface area contributed by atoms with Crippen LogP contribution in [0.3, 0.4) is 0 Å². The lowest BCUT2D eigenvalue weighted by Gasteiger charge is -2.15. The molecule has 0 amide bonds. The molecule has 0 fully saturated rings. The molecule has 1 radical (unpaired) electrons. The first-order chi connectivity index (χ1) is 3.72. The first-order valence-electron chi connectivity index (χ1n) is 2.65. The minimum absolute atomic E-state index is 0.275. The average molecular weight is 183 g/mol. The summed E-state index contributed by atoms with van der Waals surface area (Å²) in [5.41, 5.74) is 0. The van der Waals surface area contributed by atoms with Crippen molar-refractivity contribution in [2.75, 3.05) is 13.1 Å². The monoisotopic (exact) mass is 182 g/mol. The van der Waals surface area contributed by atoms with Gasteiger partial charge in [0.15, 0.2) is 0 Å². The van der Waals surface area contributed by atoms with Crippen LogP contribution in [-0.2, 0) is 0 Å².